The summed E-state index contributed by atoms with van der Waals surface area (Å²) in [7, 11) is 1.37. The minimum atomic E-state index is -1.37. The van der Waals surface area contributed by atoms with Crippen LogP contribution >= 0.6 is 15.9 Å². The summed E-state index contributed by atoms with van der Waals surface area (Å²) >= 11 is 3.01. The molecule has 7 heteroatoms. The number of methoxy groups -OCH3 is 1. The van der Waals surface area contributed by atoms with Crippen LogP contribution in [0.4, 0.5) is 5.69 Å². The van der Waals surface area contributed by atoms with E-state index in [1.165, 1.54) is 7.11 Å². The molecule has 1 aromatic rings. The van der Waals surface area contributed by atoms with E-state index in [1.807, 2.05) is 0 Å². The number of hydrogen-bond acceptors (Lipinski definition) is 4. The van der Waals surface area contributed by atoms with E-state index in [9.17, 15) is 14.9 Å². The number of nitrogens with zero attached hydrogens (tertiary/aromatic N) is 1. The average molecular weight is 290 g/mol. The summed E-state index contributed by atoms with van der Waals surface area (Å²) in [5.74, 6) is -1.08. The third-order valence-electron chi connectivity index (χ3n) is 2.07. The molecule has 0 spiro atoms. The van der Waals surface area contributed by atoms with E-state index < -0.39 is 22.1 Å². The number of nitro benzene ring substituents is 1. The Bertz CT molecular complexity index is 471. The van der Waals surface area contributed by atoms with Crippen LogP contribution in [0.15, 0.2) is 10.5 Å². The summed E-state index contributed by atoms with van der Waals surface area (Å²) in [5, 5.41) is 19.6. The van der Waals surface area contributed by atoms with Crippen molar-refractivity contribution >= 4 is 27.6 Å². The molecule has 0 saturated carbocycles. The van der Waals surface area contributed by atoms with Gasteiger partial charge >= 0.3 is 5.97 Å². The minimum Gasteiger partial charge on any atom is -0.496 e. The van der Waals surface area contributed by atoms with Gasteiger partial charge in [0.25, 0.3) is 5.69 Å². The van der Waals surface area contributed by atoms with Crippen LogP contribution in [0.3, 0.4) is 0 Å². The van der Waals surface area contributed by atoms with Crippen LogP contribution in [-0.4, -0.2) is 23.1 Å². The van der Waals surface area contributed by atoms with Crippen molar-refractivity contribution in [2.75, 3.05) is 7.11 Å². The number of nitro groups is 1. The van der Waals surface area contributed by atoms with Gasteiger partial charge in [0.2, 0.25) is 0 Å². The number of hydrogen-bond donors (Lipinski definition) is 1. The third kappa shape index (κ3) is 1.99. The Morgan fingerprint density at radius 3 is 2.56 bits per heavy atom. The molecular formula is C9H8BrNO5. The maximum Gasteiger partial charge on any atom is 0.342 e. The smallest absolute Gasteiger partial charge is 0.342 e. The molecule has 1 N–H and O–H groups in total. The SMILES string of the molecule is COc1cc(C(=O)O)c([N+](=O)[O-])c(Br)c1C. The number of ether oxygens (including phenoxy) is 1. The maximum atomic E-state index is 10.9. The van der Waals surface area contributed by atoms with Gasteiger partial charge in [0, 0.05) is 11.6 Å². The Hall–Kier alpha value is -1.63. The highest BCUT2D eigenvalue weighted by molar-refractivity contribution is 9.10. The Morgan fingerprint density at radius 2 is 2.19 bits per heavy atom. The molecule has 1 aromatic carbocycles. The van der Waals surface area contributed by atoms with E-state index in [0.717, 1.165) is 6.07 Å². The largest absolute Gasteiger partial charge is 0.496 e. The summed E-state index contributed by atoms with van der Waals surface area (Å²) in [5.41, 5.74) is -0.385. The normalized spacial score (nSPS) is 9.94. The van der Waals surface area contributed by atoms with E-state index >= 15 is 0 Å². The van der Waals surface area contributed by atoms with Crippen LogP contribution in [0, 0.1) is 17.0 Å². The molecule has 0 atom stereocenters. The van der Waals surface area contributed by atoms with Crippen LogP contribution in [0.2, 0.25) is 0 Å². The molecule has 0 bridgehead atoms. The number of halogens is 1. The van der Waals surface area contributed by atoms with Gasteiger partial charge in [-0.25, -0.2) is 4.79 Å². The van der Waals surface area contributed by atoms with Gasteiger partial charge in [-0.2, -0.15) is 0 Å². The Morgan fingerprint density at radius 1 is 1.62 bits per heavy atom. The van der Waals surface area contributed by atoms with Crippen LogP contribution in [0.5, 0.6) is 5.75 Å². The maximum absolute atomic E-state index is 10.9. The van der Waals surface area contributed by atoms with Gasteiger partial charge in [-0.1, -0.05) is 0 Å². The molecule has 6 nitrogen and oxygen atoms in total. The lowest BCUT2D eigenvalue weighted by molar-refractivity contribution is -0.386. The second kappa shape index (κ2) is 4.48. The summed E-state index contributed by atoms with van der Waals surface area (Å²) < 4.78 is 5.06. The second-order valence-electron chi connectivity index (χ2n) is 2.98. The topological polar surface area (TPSA) is 89.7 Å². The molecule has 0 heterocycles. The van der Waals surface area contributed by atoms with E-state index in [1.54, 1.807) is 6.92 Å². The van der Waals surface area contributed by atoms with Crippen molar-refractivity contribution in [3.63, 3.8) is 0 Å². The molecule has 0 saturated heterocycles. The van der Waals surface area contributed by atoms with Crippen LogP contribution < -0.4 is 4.74 Å². The second-order valence-corrected chi connectivity index (χ2v) is 3.77. The fraction of sp³-hybridized carbons (Fsp3) is 0.222. The minimum absolute atomic E-state index is 0.120. The summed E-state index contributed by atoms with van der Waals surface area (Å²) in [6.45, 7) is 1.60. The lowest BCUT2D eigenvalue weighted by Crippen LogP contribution is -2.05. The van der Waals surface area contributed by atoms with Crippen LogP contribution in [0.1, 0.15) is 15.9 Å². The molecule has 0 aliphatic heterocycles. The zero-order chi connectivity index (χ0) is 12.5. The summed E-state index contributed by atoms with van der Waals surface area (Å²) in [4.78, 5) is 20.9. The predicted molar refractivity (Wildman–Crippen MR) is 59.0 cm³/mol. The highest BCUT2D eigenvalue weighted by atomic mass is 79.9. The Balaban J connectivity index is 3.65. The zero-order valence-electron chi connectivity index (χ0n) is 8.48. The van der Waals surface area contributed by atoms with Gasteiger partial charge in [0.1, 0.15) is 15.8 Å². The zero-order valence-corrected chi connectivity index (χ0v) is 10.1. The number of carboxylic acids is 1. The van der Waals surface area contributed by atoms with Crippen molar-refractivity contribution in [3.05, 3.63) is 31.8 Å². The first-order chi connectivity index (χ1) is 7.40. The van der Waals surface area contributed by atoms with Crippen molar-refractivity contribution in [3.8, 4) is 5.75 Å². The molecule has 0 aliphatic carbocycles. The molecule has 0 amide bonds. The quantitative estimate of drug-likeness (QED) is 0.681. The van der Waals surface area contributed by atoms with Gasteiger partial charge in [-0.15, -0.1) is 0 Å². The van der Waals surface area contributed by atoms with E-state index in [2.05, 4.69) is 15.9 Å². The monoisotopic (exact) mass is 289 g/mol. The summed E-state index contributed by atoms with van der Waals surface area (Å²) in [6, 6.07) is 1.14. The Labute approximate surface area is 99.1 Å². The van der Waals surface area contributed by atoms with E-state index in [-0.39, 0.29) is 10.2 Å². The standard InChI is InChI=1S/C9H8BrNO5/c1-4-6(16-2)3-5(9(12)13)8(7(4)10)11(14)15/h3H,1-2H3,(H,12,13). The van der Waals surface area contributed by atoms with Gasteiger partial charge < -0.3 is 9.84 Å². The molecular weight excluding hydrogens is 282 g/mol. The van der Waals surface area contributed by atoms with Gasteiger partial charge in [0.15, 0.2) is 0 Å². The van der Waals surface area contributed by atoms with Crippen molar-refractivity contribution in [1.82, 2.24) is 0 Å². The molecule has 0 unspecified atom stereocenters. The molecule has 0 aliphatic rings. The Kier molecular flexibility index (Phi) is 3.48. The first-order valence-electron chi connectivity index (χ1n) is 4.15. The number of rotatable bonds is 3. The van der Waals surface area contributed by atoms with Crippen LogP contribution in [0.25, 0.3) is 0 Å². The number of carboxylic acid groups (broad SMARTS) is 1. The van der Waals surface area contributed by atoms with Gasteiger partial charge in [-0.05, 0) is 22.9 Å². The highest BCUT2D eigenvalue weighted by Crippen LogP contribution is 2.37. The number of aromatic carboxylic acids is 1. The fourth-order valence-corrected chi connectivity index (χ4v) is 1.82. The predicted octanol–water partition coefficient (Wildman–Crippen LogP) is 2.37. The van der Waals surface area contributed by atoms with Crippen LogP contribution in [-0.2, 0) is 0 Å². The number of benzene rings is 1. The molecule has 0 aromatic heterocycles. The lowest BCUT2D eigenvalue weighted by Gasteiger charge is -2.09. The molecule has 0 fully saturated rings. The molecule has 86 valence electrons. The third-order valence-corrected chi connectivity index (χ3v) is 3.04. The first-order valence-corrected chi connectivity index (χ1v) is 4.94. The lowest BCUT2D eigenvalue weighted by atomic mass is 10.1. The fourth-order valence-electron chi connectivity index (χ4n) is 1.27. The first kappa shape index (κ1) is 12.4. The molecule has 0 radical (unpaired) electrons. The molecule has 1 rings (SSSR count). The highest BCUT2D eigenvalue weighted by Gasteiger charge is 2.27. The summed E-state index contributed by atoms with van der Waals surface area (Å²) in [6.07, 6.45) is 0. The van der Waals surface area contributed by atoms with E-state index in [4.69, 9.17) is 9.84 Å². The molecule has 16 heavy (non-hydrogen) atoms. The van der Waals surface area contributed by atoms with Crippen molar-refractivity contribution in [2.24, 2.45) is 0 Å². The van der Waals surface area contributed by atoms with E-state index in [0.29, 0.717) is 5.56 Å². The average Bonchev–Trinajstić information content (AvgIpc) is 2.20. The van der Waals surface area contributed by atoms with Gasteiger partial charge in [0.05, 0.1) is 12.0 Å². The number of carbonyl (C=O) groups is 1. The van der Waals surface area contributed by atoms with Crippen molar-refractivity contribution in [1.29, 1.82) is 0 Å². The van der Waals surface area contributed by atoms with Crippen molar-refractivity contribution in [2.45, 2.75) is 6.92 Å². The van der Waals surface area contributed by atoms with Crippen molar-refractivity contribution < 1.29 is 19.6 Å². The van der Waals surface area contributed by atoms with Gasteiger partial charge in [-0.3, -0.25) is 10.1 Å².